The highest BCUT2D eigenvalue weighted by Crippen LogP contribution is 2.66. The molecule has 0 unspecified atom stereocenters. The lowest BCUT2D eigenvalue weighted by atomic mass is 9.91. The normalized spacial score (nSPS) is 60.3. The fourth-order valence-electron chi connectivity index (χ4n) is 2.80. The first-order valence-electron chi connectivity index (χ1n) is 4.19. The van der Waals surface area contributed by atoms with Gasteiger partial charge in [-0.3, -0.25) is 0 Å². The smallest absolute Gasteiger partial charge is 0.0385 e. The second-order valence-electron chi connectivity index (χ2n) is 4.18. The molecule has 0 saturated heterocycles. The molecule has 9 heavy (non-hydrogen) atoms. The summed E-state index contributed by atoms with van der Waals surface area (Å²) in [7, 11) is 0. The minimum atomic E-state index is 1.11. The van der Waals surface area contributed by atoms with Gasteiger partial charge in [-0.25, -0.2) is 0 Å². The minimum Gasteiger partial charge on any atom is -0.0385 e. The molecule has 3 aliphatic carbocycles. The van der Waals surface area contributed by atoms with E-state index in [-0.39, 0.29) is 0 Å². The van der Waals surface area contributed by atoms with E-state index in [9.17, 15) is 0 Å². The molecule has 3 aliphatic rings. The van der Waals surface area contributed by atoms with E-state index in [4.69, 9.17) is 0 Å². The van der Waals surface area contributed by atoms with Gasteiger partial charge in [-0.05, 0) is 19.3 Å². The highest BCUT2D eigenvalue weighted by atomic mass is 14.6. The Bertz CT molecular complexity index is 134. The first kappa shape index (κ1) is 4.65. The summed E-state index contributed by atoms with van der Waals surface area (Å²) in [5.74, 6) is 6.40. The maximum atomic E-state index is 2.40. The number of hydrogen-bond acceptors (Lipinski definition) is 0. The number of hydrogen-bond donors (Lipinski definition) is 0. The molecule has 0 radical (unpaired) electrons. The van der Waals surface area contributed by atoms with E-state index < -0.39 is 0 Å². The second-order valence-corrected chi connectivity index (χ2v) is 4.18. The van der Waals surface area contributed by atoms with Crippen LogP contribution in [-0.4, -0.2) is 0 Å². The van der Waals surface area contributed by atoms with E-state index in [1.807, 2.05) is 5.92 Å². The van der Waals surface area contributed by atoms with E-state index >= 15 is 0 Å². The van der Waals surface area contributed by atoms with Crippen molar-refractivity contribution in [3.63, 3.8) is 0 Å². The average Bonchev–Trinajstić information content (AvgIpc) is 2.57. The molecule has 0 nitrogen and oxygen atoms in total. The lowest BCUT2D eigenvalue weighted by molar-refractivity contribution is 0.491. The van der Waals surface area contributed by atoms with E-state index in [2.05, 4.69) is 6.92 Å². The second kappa shape index (κ2) is 1.16. The van der Waals surface area contributed by atoms with Crippen molar-refractivity contribution in [2.45, 2.75) is 26.2 Å². The van der Waals surface area contributed by atoms with Gasteiger partial charge in [0, 0.05) is 11.8 Å². The Morgan fingerprint density at radius 2 is 1.56 bits per heavy atom. The Labute approximate surface area is 56.6 Å². The fourth-order valence-corrected chi connectivity index (χ4v) is 2.80. The van der Waals surface area contributed by atoms with Crippen molar-refractivity contribution in [3.05, 3.63) is 5.92 Å². The first-order chi connectivity index (χ1) is 4.36. The molecule has 3 saturated carbocycles. The topological polar surface area (TPSA) is 0 Å². The maximum absolute atomic E-state index is 2.40. The molecule has 0 heteroatoms. The first-order valence-corrected chi connectivity index (χ1v) is 4.19. The molecule has 0 spiro atoms. The molecular weight excluding hydrogens is 108 g/mol. The predicted octanol–water partition coefficient (Wildman–Crippen LogP) is 2.26. The zero-order valence-electron chi connectivity index (χ0n) is 5.93. The Hall–Kier alpha value is -0.130. The fraction of sp³-hybridized carbons (Fsp3) is 0.889. The van der Waals surface area contributed by atoms with Crippen LogP contribution in [-0.2, 0) is 0 Å². The van der Waals surface area contributed by atoms with Gasteiger partial charge in [0.1, 0.15) is 11.8 Å². The van der Waals surface area contributed by atoms with Crippen LogP contribution in [0, 0.1) is 29.6 Å². The summed E-state index contributed by atoms with van der Waals surface area (Å²) >= 11 is 0. The van der Waals surface area contributed by atoms with Gasteiger partial charge >= 0.3 is 0 Å². The standard InChI is InChI=1S/C9H13/c1-5-8-3-6(8)2-7-4-9(5)7/h6-9H,2-4H2,1H3/q+1/t6-,7-,8+,9+/m1/s1. The Morgan fingerprint density at radius 1 is 1.00 bits per heavy atom. The maximum Gasteiger partial charge on any atom is 0.104 e. The van der Waals surface area contributed by atoms with Crippen LogP contribution in [0.2, 0.25) is 0 Å². The van der Waals surface area contributed by atoms with Gasteiger partial charge < -0.3 is 0 Å². The van der Waals surface area contributed by atoms with Gasteiger partial charge in [-0.2, -0.15) is 0 Å². The van der Waals surface area contributed by atoms with Crippen molar-refractivity contribution in [2.24, 2.45) is 23.7 Å². The van der Waals surface area contributed by atoms with Gasteiger partial charge in [0.2, 0.25) is 0 Å². The quantitative estimate of drug-likeness (QED) is 0.431. The van der Waals surface area contributed by atoms with Gasteiger partial charge in [0.25, 0.3) is 0 Å². The van der Waals surface area contributed by atoms with Crippen LogP contribution in [0.5, 0.6) is 0 Å². The van der Waals surface area contributed by atoms with Crippen molar-refractivity contribution in [3.8, 4) is 0 Å². The molecule has 3 fully saturated rings. The van der Waals surface area contributed by atoms with Crippen molar-refractivity contribution in [1.29, 1.82) is 0 Å². The summed E-state index contributed by atoms with van der Waals surface area (Å²) in [5.41, 5.74) is 0. The lowest BCUT2D eigenvalue weighted by Crippen LogP contribution is -2.06. The number of rotatable bonds is 0. The van der Waals surface area contributed by atoms with Crippen LogP contribution in [0.3, 0.4) is 0 Å². The molecule has 0 N–H and O–H groups in total. The van der Waals surface area contributed by atoms with Crippen molar-refractivity contribution >= 4 is 0 Å². The summed E-state index contributed by atoms with van der Waals surface area (Å²) in [5, 5.41) is 0. The molecule has 0 heterocycles. The molecular formula is C9H13+. The predicted molar refractivity (Wildman–Crippen MR) is 36.7 cm³/mol. The third kappa shape index (κ3) is 0.476. The number of fused-ring (bicyclic) bond motifs is 2. The monoisotopic (exact) mass is 121 g/mol. The largest absolute Gasteiger partial charge is 0.104 e. The van der Waals surface area contributed by atoms with Crippen molar-refractivity contribution in [1.82, 2.24) is 0 Å². The molecule has 0 bridgehead atoms. The van der Waals surface area contributed by atoms with Crippen LogP contribution in [0.25, 0.3) is 0 Å². The Morgan fingerprint density at radius 3 is 2.11 bits per heavy atom. The molecule has 3 rings (SSSR count). The Balaban J connectivity index is 1.87. The summed E-state index contributed by atoms with van der Waals surface area (Å²) in [4.78, 5) is 0. The highest BCUT2D eigenvalue weighted by Gasteiger charge is 2.65. The van der Waals surface area contributed by atoms with Crippen LogP contribution in [0.15, 0.2) is 0 Å². The highest BCUT2D eigenvalue weighted by molar-refractivity contribution is 5.20. The molecule has 0 aliphatic heterocycles. The molecule has 0 aromatic rings. The minimum absolute atomic E-state index is 1.11. The molecule has 4 atom stereocenters. The third-order valence-electron chi connectivity index (χ3n) is 3.62. The summed E-state index contributed by atoms with van der Waals surface area (Å²) in [6.07, 6.45) is 4.70. The van der Waals surface area contributed by atoms with E-state index in [1.54, 1.807) is 19.3 Å². The van der Waals surface area contributed by atoms with E-state index in [1.165, 1.54) is 0 Å². The SMILES string of the molecule is C[C+]1[C@@H]2C[C@H]2C[C@@H]2C[C@@H]12. The van der Waals surface area contributed by atoms with Crippen LogP contribution in [0.4, 0.5) is 0 Å². The van der Waals surface area contributed by atoms with Gasteiger partial charge in [0.15, 0.2) is 0 Å². The Kier molecular flexibility index (Phi) is 0.601. The summed E-state index contributed by atoms with van der Waals surface area (Å²) < 4.78 is 0. The third-order valence-corrected chi connectivity index (χ3v) is 3.62. The zero-order chi connectivity index (χ0) is 6.01. The average molecular weight is 121 g/mol. The van der Waals surface area contributed by atoms with E-state index in [0.717, 1.165) is 23.7 Å². The van der Waals surface area contributed by atoms with E-state index in [0.29, 0.717) is 0 Å². The van der Waals surface area contributed by atoms with Gasteiger partial charge in [0.05, 0.1) is 12.8 Å². The molecule has 0 aromatic heterocycles. The zero-order valence-corrected chi connectivity index (χ0v) is 5.93. The van der Waals surface area contributed by atoms with Gasteiger partial charge in [-0.15, -0.1) is 0 Å². The molecule has 0 amide bonds. The van der Waals surface area contributed by atoms with Crippen LogP contribution < -0.4 is 0 Å². The summed E-state index contributed by atoms with van der Waals surface area (Å²) in [6, 6.07) is 0. The summed E-state index contributed by atoms with van der Waals surface area (Å²) in [6.45, 7) is 2.40. The van der Waals surface area contributed by atoms with Gasteiger partial charge in [-0.1, -0.05) is 0 Å². The van der Waals surface area contributed by atoms with Crippen LogP contribution in [0.1, 0.15) is 26.2 Å². The molecule has 48 valence electrons. The van der Waals surface area contributed by atoms with Crippen LogP contribution >= 0.6 is 0 Å². The molecule has 0 aromatic carbocycles. The lowest BCUT2D eigenvalue weighted by Gasteiger charge is -2.04. The van der Waals surface area contributed by atoms with Crippen molar-refractivity contribution in [2.75, 3.05) is 0 Å². The van der Waals surface area contributed by atoms with Crippen molar-refractivity contribution < 1.29 is 0 Å².